The van der Waals surface area contributed by atoms with Crippen molar-refractivity contribution < 1.29 is 9.59 Å². The SMILES string of the molecule is NCCC=C[SiH](O)O. The van der Waals surface area contributed by atoms with Crippen LogP contribution in [0.2, 0.25) is 0 Å². The molecule has 0 unspecified atom stereocenters. The van der Waals surface area contributed by atoms with E-state index in [4.69, 9.17) is 15.3 Å². The van der Waals surface area contributed by atoms with Crippen molar-refractivity contribution in [1.82, 2.24) is 0 Å². The van der Waals surface area contributed by atoms with E-state index >= 15 is 0 Å². The van der Waals surface area contributed by atoms with Crippen LogP contribution in [0.5, 0.6) is 0 Å². The summed E-state index contributed by atoms with van der Waals surface area (Å²) in [7, 11) is -2.44. The average molecular weight is 133 g/mol. The molecular formula is C4H11NO2Si. The molecule has 0 spiro atoms. The van der Waals surface area contributed by atoms with Crippen LogP contribution in [0.4, 0.5) is 0 Å². The van der Waals surface area contributed by atoms with E-state index in [-0.39, 0.29) is 0 Å². The molecule has 0 bridgehead atoms. The van der Waals surface area contributed by atoms with E-state index in [2.05, 4.69) is 0 Å². The van der Waals surface area contributed by atoms with Gasteiger partial charge in [0, 0.05) is 0 Å². The molecular weight excluding hydrogens is 122 g/mol. The van der Waals surface area contributed by atoms with E-state index in [0.29, 0.717) is 6.54 Å². The summed E-state index contributed by atoms with van der Waals surface area (Å²) in [5.41, 5.74) is 6.54. The molecule has 3 nitrogen and oxygen atoms in total. The van der Waals surface area contributed by atoms with E-state index in [9.17, 15) is 0 Å². The van der Waals surface area contributed by atoms with Gasteiger partial charge in [-0.1, -0.05) is 6.08 Å². The first-order chi connectivity index (χ1) is 3.77. The van der Waals surface area contributed by atoms with Crippen LogP contribution in [0.25, 0.3) is 0 Å². The molecule has 0 atom stereocenters. The Kier molecular flexibility index (Phi) is 4.88. The van der Waals surface area contributed by atoms with Gasteiger partial charge in [-0.2, -0.15) is 0 Å². The Morgan fingerprint density at radius 1 is 1.50 bits per heavy atom. The lowest BCUT2D eigenvalue weighted by Crippen LogP contribution is -2.06. The maximum Gasteiger partial charge on any atom is 0.342 e. The van der Waals surface area contributed by atoms with Crippen molar-refractivity contribution in [2.45, 2.75) is 6.42 Å². The summed E-state index contributed by atoms with van der Waals surface area (Å²) in [5.74, 6) is 0. The molecule has 48 valence electrons. The zero-order valence-corrected chi connectivity index (χ0v) is 5.77. The normalized spacial score (nSPS) is 11.5. The molecule has 0 fully saturated rings. The van der Waals surface area contributed by atoms with Crippen molar-refractivity contribution in [3.05, 3.63) is 11.8 Å². The van der Waals surface area contributed by atoms with Gasteiger partial charge < -0.3 is 15.3 Å². The molecule has 0 amide bonds. The highest BCUT2D eigenvalue weighted by Gasteiger charge is 1.89. The number of hydrogen-bond donors (Lipinski definition) is 3. The summed E-state index contributed by atoms with van der Waals surface area (Å²) in [6.45, 7) is 0.567. The first-order valence-electron chi connectivity index (χ1n) is 2.50. The van der Waals surface area contributed by atoms with Gasteiger partial charge in [0.1, 0.15) is 0 Å². The second-order valence-corrected chi connectivity index (χ2v) is 2.63. The van der Waals surface area contributed by atoms with Crippen LogP contribution in [-0.2, 0) is 0 Å². The summed E-state index contributed by atoms with van der Waals surface area (Å²) < 4.78 is 0. The van der Waals surface area contributed by atoms with Crippen molar-refractivity contribution >= 4 is 9.28 Å². The Morgan fingerprint density at radius 3 is 2.50 bits per heavy atom. The summed E-state index contributed by atoms with van der Waals surface area (Å²) in [6.07, 6.45) is 2.42. The molecule has 0 aromatic rings. The number of nitrogens with two attached hydrogens (primary N) is 1. The maximum atomic E-state index is 8.35. The third-order valence-electron chi connectivity index (χ3n) is 0.642. The topological polar surface area (TPSA) is 66.5 Å². The van der Waals surface area contributed by atoms with Gasteiger partial charge in [-0.05, 0) is 18.7 Å². The van der Waals surface area contributed by atoms with Gasteiger partial charge >= 0.3 is 9.28 Å². The molecule has 4 heteroatoms. The van der Waals surface area contributed by atoms with Crippen LogP contribution in [0.15, 0.2) is 11.8 Å². The Bertz CT molecular complexity index is 74.4. The van der Waals surface area contributed by atoms with Gasteiger partial charge in [0.2, 0.25) is 0 Å². The smallest absolute Gasteiger partial charge is 0.342 e. The Labute approximate surface area is 50.3 Å². The van der Waals surface area contributed by atoms with Crippen molar-refractivity contribution in [2.75, 3.05) is 6.54 Å². The summed E-state index contributed by atoms with van der Waals surface area (Å²) in [5, 5.41) is 0. The number of rotatable bonds is 3. The van der Waals surface area contributed by atoms with E-state index in [1.165, 1.54) is 5.70 Å². The molecule has 0 radical (unpaired) electrons. The fourth-order valence-electron chi connectivity index (χ4n) is 0.314. The van der Waals surface area contributed by atoms with Gasteiger partial charge in [-0.15, -0.1) is 0 Å². The minimum absolute atomic E-state index is 0.567. The summed E-state index contributed by atoms with van der Waals surface area (Å²) in [4.78, 5) is 16.7. The second kappa shape index (κ2) is 4.98. The van der Waals surface area contributed by atoms with Gasteiger partial charge in [-0.25, -0.2) is 0 Å². The molecule has 0 aromatic carbocycles. The van der Waals surface area contributed by atoms with Crippen molar-refractivity contribution in [1.29, 1.82) is 0 Å². The fourth-order valence-corrected chi connectivity index (χ4v) is 0.750. The van der Waals surface area contributed by atoms with Gasteiger partial charge in [-0.3, -0.25) is 0 Å². The van der Waals surface area contributed by atoms with E-state index in [0.717, 1.165) is 6.42 Å². The van der Waals surface area contributed by atoms with E-state index < -0.39 is 9.28 Å². The molecule has 0 heterocycles. The highest BCUT2D eigenvalue weighted by Crippen LogP contribution is 1.78. The third kappa shape index (κ3) is 5.84. The molecule has 0 aliphatic heterocycles. The molecule has 0 aromatic heterocycles. The fraction of sp³-hybridized carbons (Fsp3) is 0.500. The number of hydrogen-bond acceptors (Lipinski definition) is 3. The van der Waals surface area contributed by atoms with Crippen molar-refractivity contribution in [3.8, 4) is 0 Å². The predicted molar refractivity (Wildman–Crippen MR) is 34.4 cm³/mol. The van der Waals surface area contributed by atoms with Crippen LogP contribution >= 0.6 is 0 Å². The van der Waals surface area contributed by atoms with Gasteiger partial charge in [0.05, 0.1) is 0 Å². The quantitative estimate of drug-likeness (QED) is 0.416. The van der Waals surface area contributed by atoms with Gasteiger partial charge in [0.15, 0.2) is 0 Å². The zero-order valence-electron chi connectivity index (χ0n) is 4.62. The van der Waals surface area contributed by atoms with Crippen LogP contribution in [0.1, 0.15) is 6.42 Å². The Hall–Kier alpha value is -0.163. The lowest BCUT2D eigenvalue weighted by Gasteiger charge is -1.87. The standard InChI is InChI=1S/C4H11NO2Si/c5-3-1-2-4-8(6)7/h2,4,6-8H,1,3,5H2. The minimum atomic E-state index is -2.44. The third-order valence-corrected chi connectivity index (χ3v) is 1.26. The predicted octanol–water partition coefficient (Wildman–Crippen LogP) is -1.36. The first kappa shape index (κ1) is 7.84. The van der Waals surface area contributed by atoms with E-state index in [1.807, 2.05) is 0 Å². The van der Waals surface area contributed by atoms with Crippen LogP contribution in [-0.4, -0.2) is 25.4 Å². The Morgan fingerprint density at radius 2 is 2.12 bits per heavy atom. The first-order valence-corrected chi connectivity index (χ1v) is 4.20. The molecule has 4 N–H and O–H groups in total. The summed E-state index contributed by atoms with van der Waals surface area (Å²) >= 11 is 0. The van der Waals surface area contributed by atoms with Crippen molar-refractivity contribution in [2.24, 2.45) is 5.73 Å². The van der Waals surface area contributed by atoms with Crippen LogP contribution in [0, 0.1) is 0 Å². The molecule has 0 aliphatic rings. The van der Waals surface area contributed by atoms with Crippen molar-refractivity contribution in [3.63, 3.8) is 0 Å². The van der Waals surface area contributed by atoms with Gasteiger partial charge in [0.25, 0.3) is 0 Å². The molecule has 0 saturated heterocycles. The second-order valence-electron chi connectivity index (χ2n) is 1.42. The average Bonchev–Trinajstić information content (AvgIpc) is 1.66. The lowest BCUT2D eigenvalue weighted by molar-refractivity contribution is 0.424. The monoisotopic (exact) mass is 133 g/mol. The zero-order chi connectivity index (χ0) is 6.41. The maximum absolute atomic E-state index is 8.35. The van der Waals surface area contributed by atoms with Crippen LogP contribution < -0.4 is 5.73 Å². The lowest BCUT2D eigenvalue weighted by atomic mass is 10.4. The van der Waals surface area contributed by atoms with Crippen LogP contribution in [0.3, 0.4) is 0 Å². The highest BCUT2D eigenvalue weighted by molar-refractivity contribution is 6.47. The Balaban J connectivity index is 3.07. The minimum Gasteiger partial charge on any atom is -0.410 e. The molecule has 0 aliphatic carbocycles. The highest BCUT2D eigenvalue weighted by atomic mass is 28.3. The molecule has 0 saturated carbocycles. The summed E-state index contributed by atoms with van der Waals surface area (Å²) in [6, 6.07) is 0. The molecule has 8 heavy (non-hydrogen) atoms. The largest absolute Gasteiger partial charge is 0.410 e. The molecule has 0 rings (SSSR count). The van der Waals surface area contributed by atoms with E-state index in [1.54, 1.807) is 6.08 Å².